The minimum absolute atomic E-state index is 0.00175. The number of carbonyl (C=O) groups is 4. The first-order valence-corrected chi connectivity index (χ1v) is 9.77. The number of rotatable bonds is 6. The summed E-state index contributed by atoms with van der Waals surface area (Å²) >= 11 is 3.29. The summed E-state index contributed by atoms with van der Waals surface area (Å²) in [5.41, 5.74) is 4.19. The van der Waals surface area contributed by atoms with Crippen molar-refractivity contribution in [3.8, 4) is 0 Å². The van der Waals surface area contributed by atoms with Gasteiger partial charge in [-0.05, 0) is 30.7 Å². The number of ether oxygens (including phenoxy) is 1. The van der Waals surface area contributed by atoms with Gasteiger partial charge in [-0.3, -0.25) is 29.6 Å². The first kappa shape index (κ1) is 20.7. The third kappa shape index (κ3) is 5.08. The molecule has 0 aromatic heterocycles. The summed E-state index contributed by atoms with van der Waals surface area (Å²) in [6, 6.07) is 13.7. The van der Waals surface area contributed by atoms with E-state index in [0.717, 1.165) is 15.0 Å². The Labute approximate surface area is 176 Å². The lowest BCUT2D eigenvalue weighted by molar-refractivity contribution is -0.147. The van der Waals surface area contributed by atoms with E-state index in [4.69, 9.17) is 4.74 Å². The largest absolute Gasteiger partial charge is 0.457 e. The molecule has 0 saturated carbocycles. The summed E-state index contributed by atoms with van der Waals surface area (Å²) in [7, 11) is 0. The van der Waals surface area contributed by atoms with Crippen LogP contribution in [0.1, 0.15) is 32.7 Å². The van der Waals surface area contributed by atoms with Gasteiger partial charge in [0.25, 0.3) is 5.91 Å². The van der Waals surface area contributed by atoms with Gasteiger partial charge in [-0.2, -0.15) is 0 Å². The number of hydrogen-bond donors (Lipinski definition) is 1. The molecule has 1 aliphatic rings. The molecule has 150 valence electrons. The third-order valence-electron chi connectivity index (χ3n) is 4.60. The zero-order chi connectivity index (χ0) is 21.0. The molecule has 1 fully saturated rings. The lowest BCUT2D eigenvalue weighted by Gasteiger charge is -2.18. The molecule has 8 heteroatoms. The van der Waals surface area contributed by atoms with Crippen LogP contribution in [-0.4, -0.2) is 41.7 Å². The number of carbonyl (C=O) groups excluding carboxylic acids is 4. The van der Waals surface area contributed by atoms with Gasteiger partial charge in [0.15, 0.2) is 12.4 Å². The molecule has 0 radical (unpaired) electrons. The Balaban J connectivity index is 1.53. The number of hydrogen-bond acceptors (Lipinski definition) is 5. The maximum absolute atomic E-state index is 12.4. The van der Waals surface area contributed by atoms with Crippen LogP contribution >= 0.6 is 15.9 Å². The molecule has 7 nitrogen and oxygen atoms in total. The molecule has 3 rings (SSSR count). The lowest BCUT2D eigenvalue weighted by Crippen LogP contribution is -2.43. The first-order chi connectivity index (χ1) is 13.8. The zero-order valence-corrected chi connectivity index (χ0v) is 17.3. The van der Waals surface area contributed by atoms with Gasteiger partial charge < -0.3 is 4.74 Å². The van der Waals surface area contributed by atoms with Crippen LogP contribution in [-0.2, 0) is 14.3 Å². The van der Waals surface area contributed by atoms with Gasteiger partial charge in [-0.25, -0.2) is 0 Å². The van der Waals surface area contributed by atoms with Crippen molar-refractivity contribution in [1.29, 1.82) is 0 Å². The van der Waals surface area contributed by atoms with Crippen LogP contribution in [0.15, 0.2) is 53.0 Å². The van der Waals surface area contributed by atoms with Crippen molar-refractivity contribution in [2.75, 3.05) is 13.2 Å². The van der Waals surface area contributed by atoms with Crippen molar-refractivity contribution < 1.29 is 23.9 Å². The fourth-order valence-corrected chi connectivity index (χ4v) is 3.22. The quantitative estimate of drug-likeness (QED) is 0.530. The second-order valence-electron chi connectivity index (χ2n) is 6.70. The fourth-order valence-electron chi connectivity index (χ4n) is 2.96. The highest BCUT2D eigenvalue weighted by Gasteiger charge is 2.36. The van der Waals surface area contributed by atoms with Crippen molar-refractivity contribution in [2.24, 2.45) is 5.92 Å². The summed E-state index contributed by atoms with van der Waals surface area (Å²) in [6.07, 6.45) is -0.0840. The molecule has 0 bridgehead atoms. The summed E-state index contributed by atoms with van der Waals surface area (Å²) < 4.78 is 5.92. The van der Waals surface area contributed by atoms with Gasteiger partial charge in [-0.15, -0.1) is 0 Å². The van der Waals surface area contributed by atoms with E-state index >= 15 is 0 Å². The smallest absolute Gasteiger partial charge is 0.311 e. The molecular formula is C21H19BrN2O5. The van der Waals surface area contributed by atoms with Crippen LogP contribution in [0.25, 0.3) is 0 Å². The van der Waals surface area contributed by atoms with Crippen LogP contribution in [0.5, 0.6) is 0 Å². The standard InChI is InChI=1S/C21H19BrN2O5/c1-13-4-2-3-5-17(13)20(27)23-24-11-15(10-19(24)26)21(28)29-12-18(25)14-6-8-16(22)9-7-14/h2-9,15H,10-12H2,1H3,(H,23,27). The lowest BCUT2D eigenvalue weighted by atomic mass is 10.1. The van der Waals surface area contributed by atoms with Crippen molar-refractivity contribution in [3.63, 3.8) is 0 Å². The third-order valence-corrected chi connectivity index (χ3v) is 5.12. The van der Waals surface area contributed by atoms with Gasteiger partial charge in [-0.1, -0.05) is 46.3 Å². The Morgan fingerprint density at radius 3 is 2.52 bits per heavy atom. The van der Waals surface area contributed by atoms with Crippen LogP contribution in [0, 0.1) is 12.8 Å². The van der Waals surface area contributed by atoms with Crippen LogP contribution in [0.4, 0.5) is 0 Å². The second kappa shape index (κ2) is 9.00. The van der Waals surface area contributed by atoms with Crippen molar-refractivity contribution in [2.45, 2.75) is 13.3 Å². The number of nitrogens with one attached hydrogen (secondary N) is 1. The summed E-state index contributed by atoms with van der Waals surface area (Å²) in [6.45, 7) is 1.39. The van der Waals surface area contributed by atoms with Crippen LogP contribution in [0.2, 0.25) is 0 Å². The zero-order valence-electron chi connectivity index (χ0n) is 15.7. The molecule has 1 unspecified atom stereocenters. The topological polar surface area (TPSA) is 92.8 Å². The SMILES string of the molecule is Cc1ccccc1C(=O)NN1CC(C(=O)OCC(=O)c2ccc(Br)cc2)CC1=O. The molecule has 1 heterocycles. The van der Waals surface area contributed by atoms with Gasteiger partial charge in [0.1, 0.15) is 0 Å². The maximum atomic E-state index is 12.4. The Morgan fingerprint density at radius 2 is 1.83 bits per heavy atom. The highest BCUT2D eigenvalue weighted by Crippen LogP contribution is 2.19. The Kier molecular flexibility index (Phi) is 6.43. The van der Waals surface area contributed by atoms with Gasteiger partial charge in [0.2, 0.25) is 5.91 Å². The maximum Gasteiger partial charge on any atom is 0.311 e. The van der Waals surface area contributed by atoms with E-state index in [2.05, 4.69) is 21.4 Å². The molecule has 29 heavy (non-hydrogen) atoms. The van der Waals surface area contributed by atoms with E-state index in [-0.39, 0.29) is 24.7 Å². The van der Waals surface area contributed by atoms with E-state index in [1.54, 1.807) is 49.4 Å². The molecule has 0 spiro atoms. The Hall–Kier alpha value is -3.00. The number of hydrazine groups is 1. The summed E-state index contributed by atoms with van der Waals surface area (Å²) in [5, 5.41) is 1.12. The molecule has 1 saturated heterocycles. The molecule has 2 aromatic rings. The van der Waals surface area contributed by atoms with E-state index < -0.39 is 24.4 Å². The average Bonchev–Trinajstić information content (AvgIpc) is 3.07. The molecule has 2 amide bonds. The minimum Gasteiger partial charge on any atom is -0.457 e. The van der Waals surface area contributed by atoms with Crippen molar-refractivity contribution >= 4 is 39.5 Å². The monoisotopic (exact) mass is 458 g/mol. The van der Waals surface area contributed by atoms with E-state index in [9.17, 15) is 19.2 Å². The average molecular weight is 459 g/mol. The normalized spacial score (nSPS) is 15.9. The van der Waals surface area contributed by atoms with Crippen LogP contribution < -0.4 is 5.43 Å². The van der Waals surface area contributed by atoms with Gasteiger partial charge in [0.05, 0.1) is 12.5 Å². The van der Waals surface area contributed by atoms with E-state index in [0.29, 0.717) is 11.1 Å². The first-order valence-electron chi connectivity index (χ1n) is 8.97. The molecular weight excluding hydrogens is 440 g/mol. The number of nitrogens with zero attached hydrogens (tertiary/aromatic N) is 1. The number of aryl methyl sites for hydroxylation is 1. The van der Waals surface area contributed by atoms with Crippen LogP contribution in [0.3, 0.4) is 0 Å². The molecule has 2 aromatic carbocycles. The van der Waals surface area contributed by atoms with Crippen molar-refractivity contribution in [3.05, 3.63) is 69.7 Å². The minimum atomic E-state index is -0.739. The predicted molar refractivity (Wildman–Crippen MR) is 108 cm³/mol. The highest BCUT2D eigenvalue weighted by atomic mass is 79.9. The van der Waals surface area contributed by atoms with Gasteiger partial charge >= 0.3 is 5.97 Å². The highest BCUT2D eigenvalue weighted by molar-refractivity contribution is 9.10. The number of halogens is 1. The molecule has 1 aliphatic heterocycles. The number of benzene rings is 2. The Morgan fingerprint density at radius 1 is 1.14 bits per heavy atom. The summed E-state index contributed by atoms with van der Waals surface area (Å²) in [4.78, 5) is 48.9. The number of Topliss-reactive ketones (excluding diaryl/α,β-unsaturated/α-hetero) is 1. The fraction of sp³-hybridized carbons (Fsp3) is 0.238. The second-order valence-corrected chi connectivity index (χ2v) is 7.61. The van der Waals surface area contributed by atoms with Gasteiger partial charge in [0, 0.05) is 22.0 Å². The predicted octanol–water partition coefficient (Wildman–Crippen LogP) is 2.68. The molecule has 0 aliphatic carbocycles. The van der Waals surface area contributed by atoms with E-state index in [1.165, 1.54) is 0 Å². The number of amides is 2. The molecule has 1 N–H and O–H groups in total. The molecule has 1 atom stereocenters. The number of esters is 1. The van der Waals surface area contributed by atoms with E-state index in [1.807, 2.05) is 6.07 Å². The Bertz CT molecular complexity index is 958. The van der Waals surface area contributed by atoms with Crippen molar-refractivity contribution in [1.82, 2.24) is 10.4 Å². The summed E-state index contributed by atoms with van der Waals surface area (Å²) in [5.74, 6) is -2.52. The number of ketones is 1.